The van der Waals surface area contributed by atoms with Crippen molar-refractivity contribution in [2.24, 2.45) is 5.73 Å². The van der Waals surface area contributed by atoms with Crippen LogP contribution in [0.3, 0.4) is 0 Å². The molecule has 0 spiro atoms. The van der Waals surface area contributed by atoms with Gasteiger partial charge in [-0.1, -0.05) is 48.5 Å². The smallest absolute Gasteiger partial charge is 0.230 e. The molecule has 0 aliphatic heterocycles. The second kappa shape index (κ2) is 6.48. The molecule has 0 unspecified atom stereocenters. The van der Waals surface area contributed by atoms with Gasteiger partial charge in [-0.2, -0.15) is 0 Å². The van der Waals surface area contributed by atoms with Crippen LogP contribution >= 0.6 is 0 Å². The van der Waals surface area contributed by atoms with Gasteiger partial charge >= 0.3 is 0 Å². The summed E-state index contributed by atoms with van der Waals surface area (Å²) < 4.78 is 11.8. The molecule has 1 atom stereocenters. The minimum Gasteiger partial charge on any atom is -0.369 e. The first-order chi connectivity index (χ1) is 9.58. The molecule has 4 heteroatoms. The van der Waals surface area contributed by atoms with Crippen LogP contribution in [-0.4, -0.2) is 15.9 Å². The summed E-state index contributed by atoms with van der Waals surface area (Å²) in [5, 5.41) is 0. The highest BCUT2D eigenvalue weighted by atomic mass is 32.2. The van der Waals surface area contributed by atoms with Crippen molar-refractivity contribution < 1.29 is 9.00 Å². The Labute approximate surface area is 121 Å². The van der Waals surface area contributed by atoms with Crippen molar-refractivity contribution in [2.45, 2.75) is 12.7 Å². The van der Waals surface area contributed by atoms with Crippen LogP contribution in [0, 0.1) is 6.92 Å². The first-order valence-electron chi connectivity index (χ1n) is 6.35. The van der Waals surface area contributed by atoms with E-state index in [-0.39, 0.29) is 5.75 Å². The van der Waals surface area contributed by atoms with E-state index in [1.54, 1.807) is 0 Å². The molecule has 0 radical (unpaired) electrons. The first kappa shape index (κ1) is 14.5. The molecule has 0 aliphatic carbocycles. The van der Waals surface area contributed by atoms with Gasteiger partial charge in [0, 0.05) is 16.6 Å². The average Bonchev–Trinajstić information content (AvgIpc) is 2.41. The van der Waals surface area contributed by atoms with E-state index in [1.807, 2.05) is 55.5 Å². The maximum absolute atomic E-state index is 11.8. The molecular weight excluding hydrogens is 270 g/mol. The zero-order valence-electron chi connectivity index (χ0n) is 11.3. The Kier molecular flexibility index (Phi) is 4.69. The van der Waals surface area contributed by atoms with E-state index < -0.39 is 16.7 Å². The summed E-state index contributed by atoms with van der Waals surface area (Å²) in [6.07, 6.45) is 0. The number of hydrogen-bond donors (Lipinski definition) is 1. The van der Waals surface area contributed by atoms with Gasteiger partial charge in [-0.05, 0) is 29.2 Å². The van der Waals surface area contributed by atoms with Gasteiger partial charge in [0.1, 0.15) is 5.75 Å². The van der Waals surface area contributed by atoms with Crippen molar-refractivity contribution in [2.75, 3.05) is 5.75 Å². The summed E-state index contributed by atoms with van der Waals surface area (Å²) in [7, 11) is -1.25. The minimum atomic E-state index is -1.25. The third kappa shape index (κ3) is 3.54. The fraction of sp³-hybridized carbons (Fsp3) is 0.188. The zero-order valence-corrected chi connectivity index (χ0v) is 12.2. The highest BCUT2D eigenvalue weighted by Gasteiger charge is 2.10. The quantitative estimate of drug-likeness (QED) is 0.918. The molecule has 0 aliphatic rings. The number of rotatable bonds is 5. The van der Waals surface area contributed by atoms with Crippen LogP contribution in [0.5, 0.6) is 0 Å². The molecule has 104 valence electrons. The number of carbonyl (C=O) groups is 1. The van der Waals surface area contributed by atoms with Crippen molar-refractivity contribution in [3.05, 3.63) is 59.7 Å². The summed E-state index contributed by atoms with van der Waals surface area (Å²) in [4.78, 5) is 10.8. The topological polar surface area (TPSA) is 60.2 Å². The molecule has 0 saturated carbocycles. The predicted molar refractivity (Wildman–Crippen MR) is 82.5 cm³/mol. The lowest BCUT2D eigenvalue weighted by atomic mass is 9.97. The van der Waals surface area contributed by atoms with Crippen molar-refractivity contribution in [1.29, 1.82) is 0 Å². The Morgan fingerprint density at radius 3 is 2.45 bits per heavy atom. The monoisotopic (exact) mass is 287 g/mol. The Morgan fingerprint density at radius 2 is 1.80 bits per heavy atom. The molecule has 0 aromatic heterocycles. The van der Waals surface area contributed by atoms with Gasteiger partial charge in [0.25, 0.3) is 0 Å². The van der Waals surface area contributed by atoms with Gasteiger partial charge in [-0.25, -0.2) is 0 Å². The average molecular weight is 287 g/mol. The standard InChI is InChI=1S/C16H17NO2S/c1-12-14(10-20(19)11-16(17)18)8-5-9-15(12)13-6-3-2-4-7-13/h2-9H,10-11H2,1H3,(H2,17,18)/t20-/m1/s1. The van der Waals surface area contributed by atoms with E-state index in [1.165, 1.54) is 0 Å². The zero-order chi connectivity index (χ0) is 14.5. The van der Waals surface area contributed by atoms with Crippen LogP contribution in [0.1, 0.15) is 11.1 Å². The lowest BCUT2D eigenvalue weighted by Gasteiger charge is -2.11. The van der Waals surface area contributed by atoms with E-state index >= 15 is 0 Å². The van der Waals surface area contributed by atoms with Crippen molar-refractivity contribution in [1.82, 2.24) is 0 Å². The number of carbonyl (C=O) groups excluding carboxylic acids is 1. The molecule has 0 saturated heterocycles. The maximum Gasteiger partial charge on any atom is 0.230 e. The van der Waals surface area contributed by atoms with Crippen LogP contribution in [0.15, 0.2) is 48.5 Å². The summed E-state index contributed by atoms with van der Waals surface area (Å²) in [5.74, 6) is -0.259. The normalized spacial score (nSPS) is 12.1. The minimum absolute atomic E-state index is 0.0883. The van der Waals surface area contributed by atoms with Crippen LogP contribution in [0.2, 0.25) is 0 Å². The van der Waals surface area contributed by atoms with Crippen molar-refractivity contribution >= 4 is 16.7 Å². The summed E-state index contributed by atoms with van der Waals surface area (Å²) in [6, 6.07) is 16.0. The molecule has 3 nitrogen and oxygen atoms in total. The predicted octanol–water partition coefficient (Wildman–Crippen LogP) is 2.40. The van der Waals surface area contributed by atoms with Gasteiger partial charge in [0.15, 0.2) is 0 Å². The third-order valence-electron chi connectivity index (χ3n) is 3.15. The highest BCUT2D eigenvalue weighted by molar-refractivity contribution is 7.84. The van der Waals surface area contributed by atoms with E-state index in [9.17, 15) is 9.00 Å². The number of benzene rings is 2. The second-order valence-electron chi connectivity index (χ2n) is 4.65. The van der Waals surface area contributed by atoms with E-state index in [0.717, 1.165) is 22.3 Å². The lowest BCUT2D eigenvalue weighted by molar-refractivity contribution is -0.115. The Hall–Kier alpha value is -1.94. The van der Waals surface area contributed by atoms with E-state index in [0.29, 0.717) is 5.75 Å². The largest absolute Gasteiger partial charge is 0.369 e. The molecule has 0 bridgehead atoms. The molecule has 2 rings (SSSR count). The van der Waals surface area contributed by atoms with Crippen LogP contribution in [0.25, 0.3) is 11.1 Å². The van der Waals surface area contributed by atoms with Gasteiger partial charge < -0.3 is 5.73 Å². The van der Waals surface area contributed by atoms with Crippen LogP contribution in [-0.2, 0) is 21.3 Å². The molecule has 2 aromatic rings. The first-order valence-corrected chi connectivity index (χ1v) is 7.84. The molecule has 0 heterocycles. The number of hydrogen-bond acceptors (Lipinski definition) is 2. The van der Waals surface area contributed by atoms with Gasteiger partial charge in [0.2, 0.25) is 5.91 Å². The number of amides is 1. The molecule has 20 heavy (non-hydrogen) atoms. The highest BCUT2D eigenvalue weighted by Crippen LogP contribution is 2.26. The maximum atomic E-state index is 11.8. The van der Waals surface area contributed by atoms with Gasteiger partial charge in [0.05, 0.1) is 0 Å². The van der Waals surface area contributed by atoms with Gasteiger partial charge in [-0.3, -0.25) is 9.00 Å². The van der Waals surface area contributed by atoms with E-state index in [4.69, 9.17) is 5.73 Å². The Bertz CT molecular complexity index is 638. The summed E-state index contributed by atoms with van der Waals surface area (Å²) >= 11 is 0. The van der Waals surface area contributed by atoms with Crippen molar-refractivity contribution in [3.8, 4) is 11.1 Å². The fourth-order valence-corrected chi connectivity index (χ4v) is 3.23. The van der Waals surface area contributed by atoms with E-state index in [2.05, 4.69) is 0 Å². The molecular formula is C16H17NO2S. The van der Waals surface area contributed by atoms with Crippen LogP contribution < -0.4 is 5.73 Å². The second-order valence-corrected chi connectivity index (χ2v) is 6.11. The third-order valence-corrected chi connectivity index (χ3v) is 4.39. The molecule has 2 aromatic carbocycles. The molecule has 1 amide bonds. The summed E-state index contributed by atoms with van der Waals surface area (Å²) in [6.45, 7) is 2.01. The Balaban J connectivity index is 2.29. The van der Waals surface area contributed by atoms with Crippen LogP contribution in [0.4, 0.5) is 0 Å². The number of primary amides is 1. The fourth-order valence-electron chi connectivity index (χ4n) is 2.15. The van der Waals surface area contributed by atoms with Gasteiger partial charge in [-0.15, -0.1) is 0 Å². The lowest BCUT2D eigenvalue weighted by Crippen LogP contribution is -2.20. The SMILES string of the molecule is Cc1c(C[S@@](=O)CC(N)=O)cccc1-c1ccccc1. The summed E-state index contributed by atoms with van der Waals surface area (Å²) in [5.41, 5.74) is 9.42. The Morgan fingerprint density at radius 1 is 1.10 bits per heavy atom. The molecule has 2 N–H and O–H groups in total. The van der Waals surface area contributed by atoms with Crippen molar-refractivity contribution in [3.63, 3.8) is 0 Å². The molecule has 0 fully saturated rings. The number of nitrogens with two attached hydrogens (primary N) is 1.